The van der Waals surface area contributed by atoms with E-state index in [0.717, 1.165) is 11.4 Å². The van der Waals surface area contributed by atoms with Crippen molar-refractivity contribution >= 4 is 28.8 Å². The van der Waals surface area contributed by atoms with Gasteiger partial charge in [0.1, 0.15) is 11.5 Å². The Hall–Kier alpha value is -2.14. The van der Waals surface area contributed by atoms with Gasteiger partial charge >= 0.3 is 0 Å². The van der Waals surface area contributed by atoms with E-state index >= 15 is 0 Å². The topological polar surface area (TPSA) is 69.4 Å². The maximum Gasteiger partial charge on any atom is 0.153 e. The van der Waals surface area contributed by atoms with Crippen molar-refractivity contribution in [3.8, 4) is 11.5 Å². The Labute approximate surface area is 129 Å². The number of hydrogen-bond donors (Lipinski definition) is 2. The molecule has 0 aliphatic rings. The molecule has 0 atom stereocenters. The number of anilines is 3. The van der Waals surface area contributed by atoms with Gasteiger partial charge in [-0.25, -0.2) is 4.98 Å². The van der Waals surface area contributed by atoms with Crippen molar-refractivity contribution in [2.75, 3.05) is 24.3 Å². The average molecular weight is 308 g/mol. The minimum absolute atomic E-state index is 0.465. The van der Waals surface area contributed by atoms with Gasteiger partial charge in [-0.05, 0) is 32.0 Å². The van der Waals surface area contributed by atoms with E-state index in [1.807, 2.05) is 32.0 Å². The molecule has 0 bridgehead atoms. The first-order valence-corrected chi connectivity index (χ1v) is 7.09. The molecule has 0 aliphatic carbocycles. The van der Waals surface area contributed by atoms with Crippen LogP contribution in [-0.4, -0.2) is 18.2 Å². The van der Waals surface area contributed by atoms with Gasteiger partial charge in [0.25, 0.3) is 0 Å². The number of nitrogens with one attached hydrogen (secondary N) is 1. The molecule has 1 aromatic heterocycles. The zero-order valence-electron chi connectivity index (χ0n) is 12.0. The summed E-state index contributed by atoms with van der Waals surface area (Å²) >= 11 is 5.85. The lowest BCUT2D eigenvalue weighted by molar-refractivity contribution is 0.332. The van der Waals surface area contributed by atoms with Crippen LogP contribution in [0.5, 0.6) is 11.5 Å². The standard InChI is InChI=1S/C15H18ClN3O2/c1-3-20-11-5-6-14(21-4-2)13(8-11)19-15-12(17)7-10(16)9-18-15/h5-9H,3-4,17H2,1-2H3,(H,18,19). The Kier molecular flexibility index (Phi) is 5.11. The molecule has 0 amide bonds. The maximum absolute atomic E-state index is 5.91. The summed E-state index contributed by atoms with van der Waals surface area (Å²) in [5.74, 6) is 1.97. The molecule has 0 spiro atoms. The van der Waals surface area contributed by atoms with E-state index in [2.05, 4.69) is 10.3 Å². The van der Waals surface area contributed by atoms with Crippen molar-refractivity contribution in [2.45, 2.75) is 13.8 Å². The fourth-order valence-electron chi connectivity index (χ4n) is 1.83. The Balaban J connectivity index is 2.33. The first kappa shape index (κ1) is 15.3. The van der Waals surface area contributed by atoms with Gasteiger partial charge in [0.15, 0.2) is 5.82 Å². The van der Waals surface area contributed by atoms with Gasteiger partial charge in [0, 0.05) is 12.3 Å². The number of benzene rings is 1. The summed E-state index contributed by atoms with van der Waals surface area (Å²) in [4.78, 5) is 4.19. The van der Waals surface area contributed by atoms with Crippen molar-refractivity contribution in [3.05, 3.63) is 35.5 Å². The molecule has 5 nitrogen and oxygen atoms in total. The van der Waals surface area contributed by atoms with Gasteiger partial charge < -0.3 is 20.5 Å². The molecule has 112 valence electrons. The summed E-state index contributed by atoms with van der Waals surface area (Å²) in [6, 6.07) is 7.20. The first-order chi connectivity index (χ1) is 10.1. The lowest BCUT2D eigenvalue weighted by Gasteiger charge is -2.15. The molecule has 6 heteroatoms. The highest BCUT2D eigenvalue weighted by Gasteiger charge is 2.09. The van der Waals surface area contributed by atoms with Crippen LogP contribution in [0.4, 0.5) is 17.2 Å². The lowest BCUT2D eigenvalue weighted by Crippen LogP contribution is -2.03. The van der Waals surface area contributed by atoms with Crippen molar-refractivity contribution in [1.82, 2.24) is 4.98 Å². The lowest BCUT2D eigenvalue weighted by atomic mass is 10.2. The number of nitrogens with zero attached hydrogens (tertiary/aromatic N) is 1. The van der Waals surface area contributed by atoms with Crippen LogP contribution in [0.2, 0.25) is 5.02 Å². The maximum atomic E-state index is 5.91. The highest BCUT2D eigenvalue weighted by atomic mass is 35.5. The molecule has 0 aliphatic heterocycles. The zero-order valence-corrected chi connectivity index (χ0v) is 12.8. The number of ether oxygens (including phenoxy) is 2. The van der Waals surface area contributed by atoms with Crippen molar-refractivity contribution in [2.24, 2.45) is 0 Å². The Morgan fingerprint density at radius 2 is 1.95 bits per heavy atom. The third-order valence-corrected chi connectivity index (χ3v) is 2.91. The molecule has 3 N–H and O–H groups in total. The molecule has 21 heavy (non-hydrogen) atoms. The SMILES string of the molecule is CCOc1ccc(OCC)c(Nc2ncc(Cl)cc2N)c1. The van der Waals surface area contributed by atoms with Gasteiger partial charge in [-0.2, -0.15) is 0 Å². The predicted octanol–water partition coefficient (Wildman–Crippen LogP) is 3.86. The number of nitrogens with two attached hydrogens (primary N) is 1. The van der Waals surface area contributed by atoms with E-state index in [9.17, 15) is 0 Å². The molecule has 0 saturated carbocycles. The van der Waals surface area contributed by atoms with E-state index < -0.39 is 0 Å². The quantitative estimate of drug-likeness (QED) is 0.848. The average Bonchev–Trinajstić information content (AvgIpc) is 2.45. The molecule has 1 aromatic carbocycles. The van der Waals surface area contributed by atoms with Crippen LogP contribution in [-0.2, 0) is 0 Å². The van der Waals surface area contributed by atoms with Crippen LogP contribution in [0.25, 0.3) is 0 Å². The first-order valence-electron chi connectivity index (χ1n) is 6.71. The second-order valence-electron chi connectivity index (χ2n) is 4.24. The number of hydrogen-bond acceptors (Lipinski definition) is 5. The summed E-state index contributed by atoms with van der Waals surface area (Å²) < 4.78 is 11.1. The second-order valence-corrected chi connectivity index (χ2v) is 4.68. The largest absolute Gasteiger partial charge is 0.494 e. The second kappa shape index (κ2) is 7.04. The smallest absolute Gasteiger partial charge is 0.153 e. The van der Waals surface area contributed by atoms with Gasteiger partial charge in [-0.1, -0.05) is 11.6 Å². The molecule has 1 heterocycles. The molecule has 2 rings (SSSR count). The number of pyridine rings is 1. The van der Waals surface area contributed by atoms with E-state index in [-0.39, 0.29) is 0 Å². The van der Waals surface area contributed by atoms with Crippen LogP contribution in [0.3, 0.4) is 0 Å². The molecular weight excluding hydrogens is 290 g/mol. The monoisotopic (exact) mass is 307 g/mol. The number of nitrogen functional groups attached to an aromatic ring is 1. The van der Waals surface area contributed by atoms with E-state index in [1.165, 1.54) is 6.20 Å². The molecule has 0 fully saturated rings. The molecule has 0 saturated heterocycles. The summed E-state index contributed by atoms with van der Waals surface area (Å²) in [5, 5.41) is 3.64. The fraction of sp³-hybridized carbons (Fsp3) is 0.267. The van der Waals surface area contributed by atoms with Crippen LogP contribution >= 0.6 is 11.6 Å². The van der Waals surface area contributed by atoms with Gasteiger partial charge in [-0.3, -0.25) is 0 Å². The van der Waals surface area contributed by atoms with Crippen LogP contribution < -0.4 is 20.5 Å². The summed E-state index contributed by atoms with van der Waals surface area (Å²) in [5.41, 5.74) is 7.11. The molecule has 0 radical (unpaired) electrons. The van der Waals surface area contributed by atoms with Gasteiger partial charge in [0.05, 0.1) is 29.6 Å². The highest BCUT2D eigenvalue weighted by Crippen LogP contribution is 2.33. The van der Waals surface area contributed by atoms with E-state index in [1.54, 1.807) is 6.07 Å². The number of aromatic nitrogens is 1. The van der Waals surface area contributed by atoms with E-state index in [4.69, 9.17) is 26.8 Å². The van der Waals surface area contributed by atoms with Gasteiger partial charge in [-0.15, -0.1) is 0 Å². The number of rotatable bonds is 6. The van der Waals surface area contributed by atoms with Crippen LogP contribution in [0.15, 0.2) is 30.5 Å². The fourth-order valence-corrected chi connectivity index (χ4v) is 2.00. The summed E-state index contributed by atoms with van der Waals surface area (Å²) in [6.07, 6.45) is 1.53. The molecule has 2 aromatic rings. The Morgan fingerprint density at radius 1 is 1.19 bits per heavy atom. The highest BCUT2D eigenvalue weighted by molar-refractivity contribution is 6.30. The minimum Gasteiger partial charge on any atom is -0.494 e. The number of halogens is 1. The zero-order chi connectivity index (χ0) is 15.2. The minimum atomic E-state index is 0.465. The van der Waals surface area contributed by atoms with Crippen molar-refractivity contribution in [1.29, 1.82) is 0 Å². The van der Waals surface area contributed by atoms with Crippen molar-refractivity contribution in [3.63, 3.8) is 0 Å². The third-order valence-electron chi connectivity index (χ3n) is 2.70. The predicted molar refractivity (Wildman–Crippen MR) is 85.7 cm³/mol. The summed E-state index contributed by atoms with van der Waals surface area (Å²) in [6.45, 7) is 5.01. The Bertz CT molecular complexity index is 620. The van der Waals surface area contributed by atoms with E-state index in [0.29, 0.717) is 35.5 Å². The molecular formula is C15H18ClN3O2. The van der Waals surface area contributed by atoms with Gasteiger partial charge in [0.2, 0.25) is 0 Å². The van der Waals surface area contributed by atoms with Crippen molar-refractivity contribution < 1.29 is 9.47 Å². The van der Waals surface area contributed by atoms with Crippen LogP contribution in [0.1, 0.15) is 13.8 Å². The summed E-state index contributed by atoms with van der Waals surface area (Å²) in [7, 11) is 0. The normalized spacial score (nSPS) is 10.2. The third kappa shape index (κ3) is 3.92. The Morgan fingerprint density at radius 3 is 2.62 bits per heavy atom. The molecule has 0 unspecified atom stereocenters. The van der Waals surface area contributed by atoms with Crippen LogP contribution in [0, 0.1) is 0 Å².